The van der Waals surface area contributed by atoms with Gasteiger partial charge in [-0.05, 0) is 66.2 Å². The minimum atomic E-state index is 0.556. The Morgan fingerprint density at radius 3 is 1.60 bits per heavy atom. The van der Waals surface area contributed by atoms with Crippen LogP contribution < -0.4 is 0 Å². The number of hydrogen-bond donors (Lipinski definition) is 0. The summed E-state index contributed by atoms with van der Waals surface area (Å²) in [5.41, 5.74) is 12.4. The van der Waals surface area contributed by atoms with Crippen LogP contribution in [0.5, 0.6) is 0 Å². The van der Waals surface area contributed by atoms with Gasteiger partial charge in [0.2, 0.25) is 0 Å². The molecular weight excluding hydrogens is 671 g/mol. The van der Waals surface area contributed by atoms with Gasteiger partial charge in [-0.1, -0.05) is 115 Å². The van der Waals surface area contributed by atoms with Gasteiger partial charge in [0.1, 0.15) is 6.07 Å². The molecule has 0 aliphatic carbocycles. The third-order valence-corrected chi connectivity index (χ3v) is 11.1. The molecule has 5 heteroatoms. The molecule has 0 unspecified atom stereocenters. The summed E-state index contributed by atoms with van der Waals surface area (Å²) in [5, 5.41) is 17.2. The van der Waals surface area contributed by atoms with Crippen molar-refractivity contribution in [3.8, 4) is 34.3 Å². The van der Waals surface area contributed by atoms with E-state index < -0.39 is 0 Å². The molecule has 0 saturated carbocycles. The molecule has 0 bridgehead atoms. The van der Waals surface area contributed by atoms with Crippen molar-refractivity contribution in [2.24, 2.45) is 0 Å². The van der Waals surface area contributed by atoms with Crippen LogP contribution in [0, 0.1) is 17.9 Å². The van der Waals surface area contributed by atoms with E-state index in [2.05, 4.69) is 158 Å². The summed E-state index contributed by atoms with van der Waals surface area (Å²) >= 11 is 0. The van der Waals surface area contributed by atoms with Gasteiger partial charge < -0.3 is 13.7 Å². The Balaban J connectivity index is 1.23. The predicted octanol–water partition coefficient (Wildman–Crippen LogP) is 13.1. The molecule has 5 nitrogen and oxygen atoms in total. The van der Waals surface area contributed by atoms with Gasteiger partial charge in [-0.15, -0.1) is 0 Å². The van der Waals surface area contributed by atoms with Crippen molar-refractivity contribution in [2.75, 3.05) is 0 Å². The van der Waals surface area contributed by atoms with Crippen molar-refractivity contribution in [1.82, 2.24) is 13.7 Å². The van der Waals surface area contributed by atoms with Gasteiger partial charge in [-0.3, -0.25) is 0 Å². The molecule has 0 amide bonds. The maximum absolute atomic E-state index is 10.4. The Hall–Kier alpha value is -7.86. The summed E-state index contributed by atoms with van der Waals surface area (Å²) in [4.78, 5) is 3.92. The first-order valence-electron chi connectivity index (χ1n) is 18.3. The van der Waals surface area contributed by atoms with Gasteiger partial charge in [0.25, 0.3) is 0 Å². The van der Waals surface area contributed by atoms with Crippen LogP contribution in [-0.2, 0) is 0 Å². The van der Waals surface area contributed by atoms with Crippen molar-refractivity contribution in [3.05, 3.63) is 193 Å². The first-order chi connectivity index (χ1) is 27.2. The van der Waals surface area contributed by atoms with Crippen LogP contribution in [0.2, 0.25) is 0 Å². The zero-order valence-corrected chi connectivity index (χ0v) is 29.5. The van der Waals surface area contributed by atoms with Crippen LogP contribution in [0.3, 0.4) is 0 Å². The minimum Gasteiger partial charge on any atom is -0.309 e. The molecule has 0 N–H and O–H groups in total. The maximum Gasteiger partial charge on any atom is 0.188 e. The third-order valence-electron chi connectivity index (χ3n) is 11.1. The molecule has 0 spiro atoms. The standard InChI is InChI=1S/C50H29N5/c1-52-33-25-28-48(42(29-33)39-18-6-11-24-47(39)55-46-23-10-5-17-38(46)41-19-12-13-32(31-51)50(41)55)54-45-22-9-4-16-37(45)40-27-26-34(30-49(40)54)53-43-20-7-2-14-35(43)36-15-3-8-21-44(36)53/h2-30H. The van der Waals surface area contributed by atoms with Gasteiger partial charge in [-0.2, -0.15) is 5.26 Å². The van der Waals surface area contributed by atoms with Gasteiger partial charge in [0.15, 0.2) is 5.69 Å². The quantitative estimate of drug-likeness (QED) is 0.169. The lowest BCUT2D eigenvalue weighted by Crippen LogP contribution is -2.02. The average molecular weight is 700 g/mol. The van der Waals surface area contributed by atoms with E-state index >= 15 is 0 Å². The highest BCUT2D eigenvalue weighted by molar-refractivity contribution is 6.14. The highest BCUT2D eigenvalue weighted by Crippen LogP contribution is 2.43. The summed E-state index contributed by atoms with van der Waals surface area (Å²) < 4.78 is 6.94. The van der Waals surface area contributed by atoms with E-state index in [1.165, 1.54) is 10.8 Å². The molecule has 0 aliphatic rings. The third kappa shape index (κ3) is 4.39. The lowest BCUT2D eigenvalue weighted by atomic mass is 9.99. The first-order valence-corrected chi connectivity index (χ1v) is 18.3. The Kier molecular flexibility index (Phi) is 6.61. The second-order valence-corrected chi connectivity index (χ2v) is 13.9. The van der Waals surface area contributed by atoms with E-state index in [1.807, 2.05) is 42.5 Å². The van der Waals surface area contributed by atoms with Crippen LogP contribution in [0.1, 0.15) is 5.56 Å². The van der Waals surface area contributed by atoms with Crippen LogP contribution >= 0.6 is 0 Å². The van der Waals surface area contributed by atoms with E-state index in [0.29, 0.717) is 11.3 Å². The van der Waals surface area contributed by atoms with Crippen LogP contribution in [0.4, 0.5) is 5.69 Å². The first kappa shape index (κ1) is 30.7. The fraction of sp³-hybridized carbons (Fsp3) is 0. The van der Waals surface area contributed by atoms with Gasteiger partial charge in [0, 0.05) is 43.6 Å². The number of hydrogen-bond acceptors (Lipinski definition) is 1. The Bertz CT molecular complexity index is 3420. The molecule has 0 aliphatic heterocycles. The normalized spacial score (nSPS) is 11.6. The monoisotopic (exact) mass is 699 g/mol. The number of para-hydroxylation sites is 6. The fourth-order valence-corrected chi connectivity index (χ4v) is 8.82. The van der Waals surface area contributed by atoms with E-state index in [4.69, 9.17) is 6.57 Å². The fourth-order valence-electron chi connectivity index (χ4n) is 8.82. The Morgan fingerprint density at radius 1 is 0.418 bits per heavy atom. The van der Waals surface area contributed by atoms with E-state index in [9.17, 15) is 5.26 Å². The highest BCUT2D eigenvalue weighted by Gasteiger charge is 2.22. The molecule has 11 rings (SSSR count). The number of nitriles is 1. The largest absolute Gasteiger partial charge is 0.309 e. The number of aromatic nitrogens is 3. The second-order valence-electron chi connectivity index (χ2n) is 13.9. The van der Waals surface area contributed by atoms with E-state index in [-0.39, 0.29) is 0 Å². The Morgan fingerprint density at radius 2 is 0.945 bits per heavy atom. The highest BCUT2D eigenvalue weighted by atomic mass is 15.0. The van der Waals surface area contributed by atoms with Crippen molar-refractivity contribution in [2.45, 2.75) is 0 Å². The maximum atomic E-state index is 10.4. The molecule has 3 heterocycles. The lowest BCUT2D eigenvalue weighted by molar-refractivity contribution is 1.15. The lowest BCUT2D eigenvalue weighted by Gasteiger charge is -2.19. The molecule has 0 saturated heterocycles. The van der Waals surface area contributed by atoms with Crippen molar-refractivity contribution in [3.63, 3.8) is 0 Å². The van der Waals surface area contributed by atoms with Crippen molar-refractivity contribution in [1.29, 1.82) is 5.26 Å². The Labute approximate surface area is 316 Å². The molecule has 11 aromatic rings. The van der Waals surface area contributed by atoms with Gasteiger partial charge in [-0.25, -0.2) is 4.85 Å². The summed E-state index contributed by atoms with van der Waals surface area (Å²) in [7, 11) is 0. The molecule has 55 heavy (non-hydrogen) atoms. The summed E-state index contributed by atoms with van der Waals surface area (Å²) in [6.07, 6.45) is 0. The minimum absolute atomic E-state index is 0.556. The number of fused-ring (bicyclic) bond motifs is 9. The molecule has 3 aromatic heterocycles. The van der Waals surface area contributed by atoms with Crippen molar-refractivity contribution >= 4 is 71.1 Å². The molecule has 254 valence electrons. The summed E-state index contributed by atoms with van der Waals surface area (Å²) in [6.45, 7) is 8.09. The topological polar surface area (TPSA) is 42.9 Å². The molecule has 8 aromatic carbocycles. The summed E-state index contributed by atoms with van der Waals surface area (Å²) in [6, 6.07) is 63.6. The predicted molar refractivity (Wildman–Crippen MR) is 226 cm³/mol. The summed E-state index contributed by atoms with van der Waals surface area (Å²) in [5.74, 6) is 0. The average Bonchev–Trinajstić information content (AvgIpc) is 3.89. The number of rotatable bonds is 4. The zero-order chi connectivity index (χ0) is 36.6. The van der Waals surface area contributed by atoms with Gasteiger partial charge in [0.05, 0.1) is 56.6 Å². The van der Waals surface area contributed by atoms with Crippen LogP contribution in [0.15, 0.2) is 176 Å². The van der Waals surface area contributed by atoms with E-state index in [0.717, 1.165) is 82.8 Å². The van der Waals surface area contributed by atoms with Gasteiger partial charge >= 0.3 is 0 Å². The van der Waals surface area contributed by atoms with Crippen LogP contribution in [0.25, 0.3) is 98.5 Å². The number of nitrogens with zero attached hydrogens (tertiary/aromatic N) is 5. The second kappa shape index (κ2) is 11.8. The van der Waals surface area contributed by atoms with Crippen molar-refractivity contribution < 1.29 is 0 Å². The zero-order valence-electron chi connectivity index (χ0n) is 29.5. The smallest absolute Gasteiger partial charge is 0.188 e. The molecule has 0 fully saturated rings. The van der Waals surface area contributed by atoms with Crippen LogP contribution in [-0.4, -0.2) is 13.7 Å². The SMILES string of the molecule is [C-]#[N+]c1ccc(-n2c3ccccc3c3ccc(-n4c5ccccc5c5ccccc54)cc32)c(-c2ccccc2-n2c3ccccc3c3cccc(C#N)c32)c1. The molecule has 0 atom stereocenters. The number of benzene rings is 8. The molecular formula is C50H29N5. The van der Waals surface area contributed by atoms with E-state index in [1.54, 1.807) is 0 Å². The molecule has 0 radical (unpaired) electrons.